The van der Waals surface area contributed by atoms with Gasteiger partial charge >= 0.3 is 11.9 Å². The molecule has 276 valence electrons. The summed E-state index contributed by atoms with van der Waals surface area (Å²) in [6, 6.07) is -1.46. The molecule has 9 nitrogen and oxygen atoms in total. The summed E-state index contributed by atoms with van der Waals surface area (Å²) in [5.74, 6) is -1.23. The van der Waals surface area contributed by atoms with Gasteiger partial charge in [-0.05, 0) is 38.0 Å². The largest absolute Gasteiger partial charge is 0.480 e. The highest BCUT2D eigenvalue weighted by Gasteiger charge is 2.25. The van der Waals surface area contributed by atoms with Gasteiger partial charge in [0.05, 0.1) is 19.1 Å². The van der Waals surface area contributed by atoms with Crippen LogP contribution in [0.15, 0.2) is 0 Å². The van der Waals surface area contributed by atoms with Crippen LogP contribution in [0.2, 0.25) is 0 Å². The molecule has 2 unspecified atom stereocenters. The molecule has 0 aliphatic heterocycles. The van der Waals surface area contributed by atoms with Crippen LogP contribution < -0.4 is 10.6 Å². The number of nitrogens with one attached hydrogen (secondary N) is 2. The maximum absolute atomic E-state index is 12.7. The lowest BCUT2D eigenvalue weighted by Gasteiger charge is -2.19. The number of aliphatic hydroxyl groups is 1. The van der Waals surface area contributed by atoms with Gasteiger partial charge in [-0.15, -0.1) is 0 Å². The summed E-state index contributed by atoms with van der Waals surface area (Å²) in [6.45, 7) is 9.94. The van der Waals surface area contributed by atoms with Crippen molar-refractivity contribution in [2.45, 2.75) is 201 Å². The van der Waals surface area contributed by atoms with Crippen LogP contribution in [-0.2, 0) is 23.9 Å². The highest BCUT2D eigenvalue weighted by atomic mass is 16.5. The molecule has 4 N–H and O–H groups in total. The second-order valence-corrected chi connectivity index (χ2v) is 14.5. The maximum atomic E-state index is 12.7. The number of amides is 2. The van der Waals surface area contributed by atoms with E-state index in [1.165, 1.54) is 96.8 Å². The van der Waals surface area contributed by atoms with Gasteiger partial charge in [-0.2, -0.15) is 0 Å². The van der Waals surface area contributed by atoms with Gasteiger partial charge in [0, 0.05) is 6.42 Å². The Hall–Kier alpha value is -2.16. The minimum atomic E-state index is -1.46. The number of esters is 1. The van der Waals surface area contributed by atoms with E-state index in [-0.39, 0.29) is 12.4 Å². The quantitative estimate of drug-likeness (QED) is 0.0418. The highest BCUT2D eigenvalue weighted by molar-refractivity contribution is 5.88. The summed E-state index contributed by atoms with van der Waals surface area (Å²) in [7, 11) is 0. The van der Waals surface area contributed by atoms with Gasteiger partial charge in [0.25, 0.3) is 0 Å². The first kappa shape index (κ1) is 44.8. The van der Waals surface area contributed by atoms with Crippen molar-refractivity contribution in [3.8, 4) is 0 Å². The molecule has 0 radical (unpaired) electrons. The lowest BCUT2D eigenvalue weighted by molar-refractivity contribution is -0.151. The minimum Gasteiger partial charge on any atom is -0.480 e. The average molecular weight is 669 g/mol. The first-order valence-corrected chi connectivity index (χ1v) is 19.1. The zero-order valence-corrected chi connectivity index (χ0v) is 30.8. The highest BCUT2D eigenvalue weighted by Crippen LogP contribution is 2.17. The fraction of sp³-hybridized carbons (Fsp3) is 0.895. The lowest BCUT2D eigenvalue weighted by atomic mass is 10.0. The molecule has 0 aromatic rings. The summed E-state index contributed by atoms with van der Waals surface area (Å²) >= 11 is 0. The summed E-state index contributed by atoms with van der Waals surface area (Å²) in [4.78, 5) is 48.6. The third-order valence-corrected chi connectivity index (χ3v) is 8.69. The normalized spacial score (nSPS) is 13.4. The Bertz CT molecular complexity index is 816. The monoisotopic (exact) mass is 669 g/mol. The number of carboxylic acid groups (broad SMARTS) is 1. The predicted octanol–water partition coefficient (Wildman–Crippen LogP) is 8.25. The van der Waals surface area contributed by atoms with Crippen molar-refractivity contribution in [3.05, 3.63) is 0 Å². The van der Waals surface area contributed by atoms with Crippen molar-refractivity contribution in [3.63, 3.8) is 0 Å². The van der Waals surface area contributed by atoms with Gasteiger partial charge in [0.15, 0.2) is 6.04 Å². The molecule has 0 aliphatic rings. The number of carbonyl (C=O) groups is 4. The van der Waals surface area contributed by atoms with Crippen molar-refractivity contribution >= 4 is 23.8 Å². The second kappa shape index (κ2) is 29.9. The standard InChI is InChI=1S/C38H72N2O7/c1-30(2)24-20-16-12-8-6-10-14-18-22-26-33(28-34(42)39-29-35(43)40-37(32(5)41)38(45)46)47-36(44)27-23-19-15-11-7-9-13-17-21-25-31(3)4/h30-33,37,41H,6-29H2,1-5H3,(H,39,42)(H,40,43)(H,45,46)/t32?,33?,37-/m0/s1. The molecule has 9 heteroatoms. The molecule has 0 aromatic heterocycles. The fourth-order valence-electron chi connectivity index (χ4n) is 5.74. The summed E-state index contributed by atoms with van der Waals surface area (Å²) < 4.78 is 5.74. The molecule has 0 aliphatic carbocycles. The Labute approximate surface area is 287 Å². The van der Waals surface area contributed by atoms with Gasteiger partial charge in [-0.25, -0.2) is 4.79 Å². The average Bonchev–Trinajstić information content (AvgIpc) is 2.99. The lowest BCUT2D eigenvalue weighted by Crippen LogP contribution is -2.50. The van der Waals surface area contributed by atoms with Crippen LogP contribution in [0.3, 0.4) is 0 Å². The molecule has 2 amide bonds. The number of carbonyl (C=O) groups excluding carboxylic acids is 3. The van der Waals surface area contributed by atoms with Crippen LogP contribution >= 0.6 is 0 Å². The van der Waals surface area contributed by atoms with Gasteiger partial charge in [0.2, 0.25) is 11.8 Å². The molecule has 0 spiro atoms. The van der Waals surface area contributed by atoms with Crippen LogP contribution in [0, 0.1) is 11.8 Å². The van der Waals surface area contributed by atoms with Crippen molar-refractivity contribution in [1.29, 1.82) is 0 Å². The third-order valence-electron chi connectivity index (χ3n) is 8.69. The van der Waals surface area contributed by atoms with E-state index in [0.717, 1.165) is 50.4 Å². The Morgan fingerprint density at radius 3 is 1.38 bits per heavy atom. The number of unbranched alkanes of at least 4 members (excludes halogenated alkanes) is 16. The van der Waals surface area contributed by atoms with E-state index in [1.807, 2.05) is 0 Å². The molecule has 0 saturated carbocycles. The Kier molecular flexibility index (Phi) is 28.6. The Balaban J connectivity index is 4.49. The van der Waals surface area contributed by atoms with Crippen molar-refractivity contribution in [2.24, 2.45) is 11.8 Å². The Morgan fingerprint density at radius 2 is 0.979 bits per heavy atom. The maximum Gasteiger partial charge on any atom is 0.328 e. The van der Waals surface area contributed by atoms with Crippen LogP contribution in [0.5, 0.6) is 0 Å². The summed E-state index contributed by atoms with van der Waals surface area (Å²) in [5, 5.41) is 23.4. The van der Waals surface area contributed by atoms with Gasteiger partial charge in [-0.3, -0.25) is 14.4 Å². The van der Waals surface area contributed by atoms with Gasteiger partial charge < -0.3 is 25.6 Å². The Morgan fingerprint density at radius 1 is 0.574 bits per heavy atom. The topological polar surface area (TPSA) is 142 Å². The smallest absolute Gasteiger partial charge is 0.328 e. The van der Waals surface area contributed by atoms with Gasteiger partial charge in [0.1, 0.15) is 6.10 Å². The number of rotatable bonds is 32. The molecule has 0 bridgehead atoms. The number of hydrogen-bond acceptors (Lipinski definition) is 6. The van der Waals surface area contributed by atoms with Crippen LogP contribution in [0.1, 0.15) is 182 Å². The number of aliphatic carboxylic acids is 1. The number of aliphatic hydroxyl groups excluding tert-OH is 1. The van der Waals surface area contributed by atoms with Crippen LogP contribution in [0.4, 0.5) is 0 Å². The predicted molar refractivity (Wildman–Crippen MR) is 190 cm³/mol. The molecular formula is C38H72N2O7. The summed E-state index contributed by atoms with van der Waals surface area (Å²) in [6.07, 6.45) is 22.8. The van der Waals surface area contributed by atoms with E-state index in [9.17, 15) is 24.3 Å². The van der Waals surface area contributed by atoms with E-state index >= 15 is 0 Å². The molecular weight excluding hydrogens is 596 g/mol. The van der Waals surface area contributed by atoms with E-state index in [2.05, 4.69) is 38.3 Å². The van der Waals surface area contributed by atoms with Crippen LogP contribution in [0.25, 0.3) is 0 Å². The van der Waals surface area contributed by atoms with E-state index < -0.39 is 42.6 Å². The molecule has 3 atom stereocenters. The van der Waals surface area contributed by atoms with Gasteiger partial charge in [-0.1, -0.05) is 143 Å². The van der Waals surface area contributed by atoms with Crippen molar-refractivity contribution < 1.29 is 34.1 Å². The molecule has 47 heavy (non-hydrogen) atoms. The first-order chi connectivity index (χ1) is 22.4. The minimum absolute atomic E-state index is 0.0503. The van der Waals surface area contributed by atoms with Crippen LogP contribution in [-0.4, -0.2) is 58.8 Å². The third kappa shape index (κ3) is 29.7. The fourth-order valence-corrected chi connectivity index (χ4v) is 5.74. The zero-order chi connectivity index (χ0) is 35.3. The molecule has 0 rings (SSSR count). The van der Waals surface area contributed by atoms with E-state index in [0.29, 0.717) is 12.8 Å². The number of carboxylic acids is 1. The van der Waals surface area contributed by atoms with Crippen molar-refractivity contribution in [1.82, 2.24) is 10.6 Å². The molecule has 0 fully saturated rings. The summed E-state index contributed by atoms with van der Waals surface area (Å²) in [5.41, 5.74) is 0. The first-order valence-electron chi connectivity index (χ1n) is 19.1. The van der Waals surface area contributed by atoms with Crippen molar-refractivity contribution in [2.75, 3.05) is 6.54 Å². The second-order valence-electron chi connectivity index (χ2n) is 14.5. The zero-order valence-electron chi connectivity index (χ0n) is 30.8. The SMILES string of the molecule is CC(C)CCCCCCCCCCCC(=O)OC(CCCCCCCCCCCC(C)C)CC(=O)NCC(=O)N[C@H](C(=O)O)C(C)O. The number of ether oxygens (including phenoxy) is 1. The molecule has 0 aromatic carbocycles. The van der Waals surface area contributed by atoms with E-state index in [1.54, 1.807) is 0 Å². The molecule has 0 saturated heterocycles. The number of hydrogen-bond donors (Lipinski definition) is 4. The molecule has 0 heterocycles. The van der Waals surface area contributed by atoms with E-state index in [4.69, 9.17) is 9.84 Å².